The minimum Gasteiger partial charge on any atom is -0.508 e. The lowest BCUT2D eigenvalue weighted by atomic mass is 9.89. The van der Waals surface area contributed by atoms with Crippen LogP contribution in [0.5, 0.6) is 11.5 Å². The lowest BCUT2D eigenvalue weighted by molar-refractivity contribution is 0.227. The molecule has 0 aromatic heterocycles. The number of rotatable bonds is 7. The molecule has 0 atom stereocenters. The van der Waals surface area contributed by atoms with Crippen LogP contribution in [0.3, 0.4) is 0 Å². The summed E-state index contributed by atoms with van der Waals surface area (Å²) < 4.78 is 5.24. The summed E-state index contributed by atoms with van der Waals surface area (Å²) in [6.07, 6.45) is 4.07. The lowest BCUT2D eigenvalue weighted by Gasteiger charge is -2.32. The van der Waals surface area contributed by atoms with Crippen molar-refractivity contribution < 1.29 is 9.84 Å². The number of benzene rings is 2. The van der Waals surface area contributed by atoms with Gasteiger partial charge < -0.3 is 15.2 Å². The van der Waals surface area contributed by atoms with E-state index in [-0.39, 0.29) is 0 Å². The minimum absolute atomic E-state index is 0.347. The molecule has 2 aromatic carbocycles. The van der Waals surface area contributed by atoms with Gasteiger partial charge in [0, 0.05) is 24.5 Å². The summed E-state index contributed by atoms with van der Waals surface area (Å²) in [6.45, 7) is 6.49. The van der Waals surface area contributed by atoms with E-state index in [1.165, 1.54) is 5.56 Å². The van der Waals surface area contributed by atoms with E-state index >= 15 is 0 Å². The summed E-state index contributed by atoms with van der Waals surface area (Å²) >= 11 is 0. The number of aliphatic imine (C=N–C) groups is 1. The zero-order valence-corrected chi connectivity index (χ0v) is 15.8. The summed E-state index contributed by atoms with van der Waals surface area (Å²) in [5.74, 6) is 1.67. The van der Waals surface area contributed by atoms with Crippen molar-refractivity contribution in [3.05, 3.63) is 66.0 Å². The Hall–Kier alpha value is -2.79. The summed E-state index contributed by atoms with van der Waals surface area (Å²) in [4.78, 5) is 6.57. The third kappa shape index (κ3) is 5.34. The Morgan fingerprint density at radius 2 is 2.04 bits per heavy atom. The Bertz CT molecular complexity index is 796. The number of phenols is 1. The first-order valence-electron chi connectivity index (χ1n) is 9.25. The monoisotopic (exact) mass is 365 g/mol. The van der Waals surface area contributed by atoms with E-state index in [4.69, 9.17) is 4.74 Å². The van der Waals surface area contributed by atoms with E-state index in [9.17, 15) is 5.11 Å². The number of likely N-dealkylation sites (tertiary alicyclic amines) is 1. The van der Waals surface area contributed by atoms with E-state index in [1.54, 1.807) is 13.2 Å². The molecule has 2 N–H and O–H groups in total. The second-order valence-electron chi connectivity index (χ2n) is 6.82. The van der Waals surface area contributed by atoms with Crippen molar-refractivity contribution in [1.82, 2.24) is 4.90 Å². The van der Waals surface area contributed by atoms with Crippen LogP contribution in [0.25, 0.3) is 0 Å². The maximum Gasteiger partial charge on any atom is 0.120 e. The topological polar surface area (TPSA) is 57.1 Å². The van der Waals surface area contributed by atoms with Crippen molar-refractivity contribution in [2.24, 2.45) is 4.99 Å². The number of phenolic OH excluding ortho intramolecular Hbond substituents is 1. The van der Waals surface area contributed by atoms with Crippen molar-refractivity contribution in [1.29, 1.82) is 0 Å². The molecule has 2 aromatic rings. The summed E-state index contributed by atoms with van der Waals surface area (Å²) in [6, 6.07) is 15.4. The van der Waals surface area contributed by atoms with Crippen molar-refractivity contribution in [3.63, 3.8) is 0 Å². The van der Waals surface area contributed by atoms with Crippen LogP contribution in [0.1, 0.15) is 24.3 Å². The highest BCUT2D eigenvalue weighted by molar-refractivity contribution is 5.50. The van der Waals surface area contributed by atoms with Gasteiger partial charge in [-0.3, -0.25) is 9.89 Å². The number of nitrogens with one attached hydrogen (secondary N) is 1. The predicted molar refractivity (Wildman–Crippen MR) is 111 cm³/mol. The Labute approximate surface area is 161 Å². The largest absolute Gasteiger partial charge is 0.508 e. The number of hydrogen-bond donors (Lipinski definition) is 2. The Morgan fingerprint density at radius 3 is 2.74 bits per heavy atom. The van der Waals surface area contributed by atoms with E-state index in [0.29, 0.717) is 11.7 Å². The smallest absolute Gasteiger partial charge is 0.120 e. The maximum absolute atomic E-state index is 9.68. The van der Waals surface area contributed by atoms with Crippen LogP contribution in [0, 0.1) is 0 Å². The van der Waals surface area contributed by atoms with Gasteiger partial charge in [-0.1, -0.05) is 18.2 Å². The number of hydrogen-bond acceptors (Lipinski definition) is 5. The van der Waals surface area contributed by atoms with Gasteiger partial charge in [0.25, 0.3) is 0 Å². The number of aromatic hydroxyl groups is 1. The van der Waals surface area contributed by atoms with Crippen LogP contribution < -0.4 is 10.1 Å². The average molecular weight is 365 g/mol. The highest BCUT2D eigenvalue weighted by atomic mass is 16.5. The van der Waals surface area contributed by atoms with Gasteiger partial charge in [-0.15, -0.1) is 0 Å². The maximum atomic E-state index is 9.68. The molecule has 1 fully saturated rings. The van der Waals surface area contributed by atoms with E-state index < -0.39 is 0 Å². The van der Waals surface area contributed by atoms with Crippen molar-refractivity contribution in [2.75, 3.05) is 32.1 Å². The van der Waals surface area contributed by atoms with Crippen LogP contribution in [-0.4, -0.2) is 43.5 Å². The van der Waals surface area contributed by atoms with E-state index in [0.717, 1.165) is 49.6 Å². The molecule has 0 amide bonds. The number of piperidine rings is 1. The van der Waals surface area contributed by atoms with Gasteiger partial charge in [-0.2, -0.15) is 0 Å². The molecule has 1 heterocycles. The molecule has 1 saturated heterocycles. The second kappa shape index (κ2) is 9.24. The van der Waals surface area contributed by atoms with Crippen LogP contribution in [0.15, 0.2) is 65.4 Å². The number of nitrogens with zero attached hydrogens (tertiary/aromatic N) is 2. The fraction of sp³-hybridized carbons (Fsp3) is 0.318. The molecular weight excluding hydrogens is 338 g/mol. The standard InChI is InChI=1S/C22H27N3O2/c1-23-20(15-24-19-6-4-8-22(14-19)27-2)16-25-11-9-17(10-12-25)18-5-3-7-21(26)13-18/h3-8,13-15,17,24,26H,1,9-12,16H2,2H3/b20-15-. The van der Waals surface area contributed by atoms with Gasteiger partial charge in [0.2, 0.25) is 0 Å². The normalized spacial score (nSPS) is 16.1. The second-order valence-corrected chi connectivity index (χ2v) is 6.82. The molecule has 0 radical (unpaired) electrons. The SMILES string of the molecule is C=N/C(=C\Nc1cccc(OC)c1)CN1CCC(c2cccc(O)c2)CC1. The van der Waals surface area contributed by atoms with Crippen molar-refractivity contribution >= 4 is 12.4 Å². The average Bonchev–Trinajstić information content (AvgIpc) is 2.71. The molecule has 0 unspecified atom stereocenters. The van der Waals surface area contributed by atoms with Gasteiger partial charge in [0.15, 0.2) is 0 Å². The highest BCUT2D eigenvalue weighted by Crippen LogP contribution is 2.30. The fourth-order valence-corrected chi connectivity index (χ4v) is 3.45. The molecule has 0 saturated carbocycles. The first-order valence-corrected chi connectivity index (χ1v) is 9.25. The number of anilines is 1. The fourth-order valence-electron chi connectivity index (χ4n) is 3.45. The van der Waals surface area contributed by atoms with Gasteiger partial charge in [0.05, 0.1) is 12.8 Å². The van der Waals surface area contributed by atoms with Gasteiger partial charge in [-0.25, -0.2) is 0 Å². The van der Waals surface area contributed by atoms with Crippen LogP contribution in [-0.2, 0) is 0 Å². The number of ether oxygens (including phenoxy) is 1. The highest BCUT2D eigenvalue weighted by Gasteiger charge is 2.21. The van der Waals surface area contributed by atoms with Gasteiger partial charge in [0.1, 0.15) is 11.5 Å². The predicted octanol–water partition coefficient (Wildman–Crippen LogP) is 4.23. The molecule has 0 aliphatic carbocycles. The van der Waals surface area contributed by atoms with Crippen molar-refractivity contribution in [3.8, 4) is 11.5 Å². The molecule has 5 heteroatoms. The zero-order chi connectivity index (χ0) is 19.1. The summed E-state index contributed by atoms with van der Waals surface area (Å²) in [5.41, 5.74) is 3.10. The van der Waals surface area contributed by atoms with E-state index in [1.807, 2.05) is 42.6 Å². The van der Waals surface area contributed by atoms with Gasteiger partial charge in [-0.05, 0) is 68.4 Å². The molecule has 0 spiro atoms. The molecule has 142 valence electrons. The third-order valence-corrected chi connectivity index (χ3v) is 4.99. The Morgan fingerprint density at radius 1 is 1.26 bits per heavy atom. The third-order valence-electron chi connectivity index (χ3n) is 4.99. The first-order chi connectivity index (χ1) is 13.2. The number of methoxy groups -OCH3 is 1. The van der Waals surface area contributed by atoms with Gasteiger partial charge >= 0.3 is 0 Å². The Kier molecular flexibility index (Phi) is 6.49. The van der Waals surface area contributed by atoms with Crippen LogP contribution >= 0.6 is 0 Å². The molecule has 0 bridgehead atoms. The molecule has 1 aliphatic heterocycles. The van der Waals surface area contributed by atoms with E-state index in [2.05, 4.69) is 28.0 Å². The molecular formula is C22H27N3O2. The molecule has 27 heavy (non-hydrogen) atoms. The molecule has 5 nitrogen and oxygen atoms in total. The summed E-state index contributed by atoms with van der Waals surface area (Å²) in [7, 11) is 1.66. The molecule has 1 aliphatic rings. The van der Waals surface area contributed by atoms with Crippen molar-refractivity contribution in [2.45, 2.75) is 18.8 Å². The molecule has 3 rings (SSSR count). The first kappa shape index (κ1) is 19.0. The quantitative estimate of drug-likeness (QED) is 0.721. The lowest BCUT2D eigenvalue weighted by Crippen LogP contribution is -2.34. The zero-order valence-electron chi connectivity index (χ0n) is 15.8. The van der Waals surface area contributed by atoms with Crippen LogP contribution in [0.2, 0.25) is 0 Å². The van der Waals surface area contributed by atoms with Crippen LogP contribution in [0.4, 0.5) is 5.69 Å². The summed E-state index contributed by atoms with van der Waals surface area (Å²) in [5, 5.41) is 13.0. The Balaban J connectivity index is 1.54. The minimum atomic E-state index is 0.347.